The number of anilines is 1. The number of hydrogen-bond acceptors (Lipinski definition) is 5. The van der Waals surface area contributed by atoms with Crippen LogP contribution in [0, 0.1) is 0 Å². The molecule has 5 nitrogen and oxygen atoms in total. The van der Waals surface area contributed by atoms with Crippen molar-refractivity contribution in [2.24, 2.45) is 0 Å². The normalized spacial score (nSPS) is 10.9. The van der Waals surface area contributed by atoms with Gasteiger partial charge in [-0.15, -0.1) is 11.3 Å². The third-order valence-electron chi connectivity index (χ3n) is 4.62. The summed E-state index contributed by atoms with van der Waals surface area (Å²) in [4.78, 5) is 17.5. The molecule has 0 atom stereocenters. The quantitative estimate of drug-likeness (QED) is 0.353. The van der Waals surface area contributed by atoms with Gasteiger partial charge in [0.05, 0.1) is 4.88 Å². The maximum atomic E-state index is 12.1. The number of benzene rings is 3. The van der Waals surface area contributed by atoms with Gasteiger partial charge in [-0.25, -0.2) is 4.98 Å². The molecule has 2 heterocycles. The summed E-state index contributed by atoms with van der Waals surface area (Å²) in [6.45, 7) is 0. The van der Waals surface area contributed by atoms with Crippen molar-refractivity contribution < 1.29 is 9.21 Å². The van der Waals surface area contributed by atoms with Crippen LogP contribution in [0.1, 0.15) is 9.67 Å². The Morgan fingerprint density at radius 3 is 2.77 bits per heavy atom. The number of rotatable bonds is 3. The molecule has 7 heteroatoms. The van der Waals surface area contributed by atoms with Crippen molar-refractivity contribution >= 4 is 62.1 Å². The number of thiophene rings is 1. The predicted molar refractivity (Wildman–Crippen MR) is 125 cm³/mol. The second kappa shape index (κ2) is 7.70. The molecule has 0 bridgehead atoms. The van der Waals surface area contributed by atoms with Gasteiger partial charge in [-0.1, -0.05) is 42.5 Å². The summed E-state index contributed by atoms with van der Waals surface area (Å²) < 4.78 is 6.00. The van der Waals surface area contributed by atoms with Crippen LogP contribution < -0.4 is 10.6 Å². The molecule has 5 rings (SSSR count). The highest BCUT2D eigenvalue weighted by Crippen LogP contribution is 2.30. The van der Waals surface area contributed by atoms with Gasteiger partial charge in [0, 0.05) is 16.6 Å². The van der Waals surface area contributed by atoms with Gasteiger partial charge in [-0.3, -0.25) is 10.1 Å². The first-order chi connectivity index (χ1) is 14.7. The summed E-state index contributed by atoms with van der Waals surface area (Å²) in [6.07, 6.45) is 0. The smallest absolute Gasteiger partial charge is 0.267 e. The zero-order valence-electron chi connectivity index (χ0n) is 15.6. The SMILES string of the molecule is O=C(NC(=S)Nc1cccc(-c2nc3c(ccc4ccccc43)o2)c1)c1cccs1. The van der Waals surface area contributed by atoms with Crippen molar-refractivity contribution in [1.82, 2.24) is 10.3 Å². The van der Waals surface area contributed by atoms with E-state index in [0.717, 1.165) is 33.1 Å². The Hall–Kier alpha value is -3.55. The summed E-state index contributed by atoms with van der Waals surface area (Å²) in [5.41, 5.74) is 3.12. The first kappa shape index (κ1) is 18.5. The monoisotopic (exact) mass is 429 g/mol. The Bertz CT molecular complexity index is 1390. The average Bonchev–Trinajstić information content (AvgIpc) is 3.44. The van der Waals surface area contributed by atoms with Crippen LogP contribution in [0.2, 0.25) is 0 Å². The summed E-state index contributed by atoms with van der Waals surface area (Å²) in [5.74, 6) is 0.294. The minimum atomic E-state index is -0.232. The van der Waals surface area contributed by atoms with Gasteiger partial charge in [0.15, 0.2) is 10.7 Å². The maximum Gasteiger partial charge on any atom is 0.267 e. The van der Waals surface area contributed by atoms with Crippen molar-refractivity contribution in [2.75, 3.05) is 5.32 Å². The molecular formula is C23H15N3O2S2. The fourth-order valence-corrected chi connectivity index (χ4v) is 4.08. The topological polar surface area (TPSA) is 67.2 Å². The average molecular weight is 430 g/mol. The molecule has 0 aliphatic carbocycles. The van der Waals surface area contributed by atoms with Gasteiger partial charge in [0.1, 0.15) is 5.52 Å². The van der Waals surface area contributed by atoms with E-state index in [-0.39, 0.29) is 11.0 Å². The number of amides is 1. The highest BCUT2D eigenvalue weighted by atomic mass is 32.1. The Morgan fingerprint density at radius 1 is 1.00 bits per heavy atom. The van der Waals surface area contributed by atoms with Crippen LogP contribution in [0.4, 0.5) is 5.69 Å². The number of carbonyl (C=O) groups excluding carboxylic acids is 1. The third-order valence-corrected chi connectivity index (χ3v) is 5.70. The second-order valence-electron chi connectivity index (χ2n) is 6.62. The van der Waals surface area contributed by atoms with E-state index in [1.54, 1.807) is 6.07 Å². The van der Waals surface area contributed by atoms with E-state index in [0.29, 0.717) is 10.8 Å². The number of fused-ring (bicyclic) bond motifs is 3. The molecular weight excluding hydrogens is 414 g/mol. The largest absolute Gasteiger partial charge is 0.436 e. The van der Waals surface area contributed by atoms with Crippen LogP contribution in [-0.4, -0.2) is 16.0 Å². The predicted octanol–water partition coefficient (Wildman–Crippen LogP) is 5.84. The molecule has 0 saturated heterocycles. The molecule has 2 aromatic heterocycles. The molecule has 0 aliphatic heterocycles. The summed E-state index contributed by atoms with van der Waals surface area (Å²) >= 11 is 6.64. The van der Waals surface area contributed by atoms with Gasteiger partial charge in [0.25, 0.3) is 5.91 Å². The molecule has 3 aromatic carbocycles. The van der Waals surface area contributed by atoms with Gasteiger partial charge in [-0.2, -0.15) is 0 Å². The van der Waals surface area contributed by atoms with Crippen molar-refractivity contribution in [3.8, 4) is 11.5 Å². The van der Waals surface area contributed by atoms with E-state index in [4.69, 9.17) is 21.6 Å². The standard InChI is InChI=1S/C23H15N3O2S2/c27-21(19-9-4-12-30-19)26-23(29)24-16-7-3-6-15(13-16)22-25-20-17-8-2-1-5-14(17)10-11-18(20)28-22/h1-13H,(H2,24,26,27,29). The molecule has 30 heavy (non-hydrogen) atoms. The lowest BCUT2D eigenvalue weighted by molar-refractivity contribution is 0.0981. The molecule has 0 saturated carbocycles. The minimum Gasteiger partial charge on any atom is -0.436 e. The van der Waals surface area contributed by atoms with Crippen molar-refractivity contribution in [1.29, 1.82) is 0 Å². The molecule has 1 amide bonds. The Labute approximate surface area is 181 Å². The number of oxazole rings is 1. The van der Waals surface area contributed by atoms with Crippen LogP contribution >= 0.6 is 23.6 Å². The molecule has 0 radical (unpaired) electrons. The molecule has 0 spiro atoms. The van der Waals surface area contributed by atoms with Crippen LogP contribution in [0.5, 0.6) is 0 Å². The molecule has 2 N–H and O–H groups in total. The lowest BCUT2D eigenvalue weighted by Crippen LogP contribution is -2.33. The number of hydrogen-bond donors (Lipinski definition) is 2. The molecule has 5 aromatic rings. The number of aromatic nitrogens is 1. The first-order valence-corrected chi connectivity index (χ1v) is 10.5. The van der Waals surface area contributed by atoms with E-state index in [1.165, 1.54) is 11.3 Å². The Balaban J connectivity index is 1.40. The van der Waals surface area contributed by atoms with Crippen LogP contribution in [0.25, 0.3) is 33.3 Å². The summed E-state index contributed by atoms with van der Waals surface area (Å²) in [6, 6.07) is 23.2. The number of nitrogens with one attached hydrogen (secondary N) is 2. The van der Waals surface area contributed by atoms with Crippen LogP contribution in [-0.2, 0) is 0 Å². The zero-order valence-corrected chi connectivity index (χ0v) is 17.2. The lowest BCUT2D eigenvalue weighted by Gasteiger charge is -2.09. The van der Waals surface area contributed by atoms with E-state index < -0.39 is 0 Å². The highest BCUT2D eigenvalue weighted by molar-refractivity contribution is 7.80. The fourth-order valence-electron chi connectivity index (χ4n) is 3.25. The van der Waals surface area contributed by atoms with Crippen molar-refractivity contribution in [3.63, 3.8) is 0 Å². The fraction of sp³-hybridized carbons (Fsp3) is 0. The van der Waals surface area contributed by atoms with Gasteiger partial charge >= 0.3 is 0 Å². The minimum absolute atomic E-state index is 0.231. The van der Waals surface area contributed by atoms with E-state index in [1.807, 2.05) is 66.0 Å². The number of thiocarbonyl (C=S) groups is 1. The van der Waals surface area contributed by atoms with E-state index in [2.05, 4.69) is 16.7 Å². The summed E-state index contributed by atoms with van der Waals surface area (Å²) in [5, 5.41) is 9.97. The zero-order chi connectivity index (χ0) is 20.5. The maximum absolute atomic E-state index is 12.1. The number of carbonyl (C=O) groups is 1. The van der Waals surface area contributed by atoms with E-state index in [9.17, 15) is 4.79 Å². The summed E-state index contributed by atoms with van der Waals surface area (Å²) in [7, 11) is 0. The van der Waals surface area contributed by atoms with Crippen LogP contribution in [0.15, 0.2) is 82.6 Å². The lowest BCUT2D eigenvalue weighted by atomic mass is 10.1. The molecule has 146 valence electrons. The van der Waals surface area contributed by atoms with E-state index >= 15 is 0 Å². The van der Waals surface area contributed by atoms with Crippen LogP contribution in [0.3, 0.4) is 0 Å². The number of nitrogens with zero attached hydrogens (tertiary/aromatic N) is 1. The van der Waals surface area contributed by atoms with Crippen molar-refractivity contribution in [2.45, 2.75) is 0 Å². The molecule has 0 unspecified atom stereocenters. The first-order valence-electron chi connectivity index (χ1n) is 9.22. The van der Waals surface area contributed by atoms with Gasteiger partial charge in [0.2, 0.25) is 5.89 Å². The molecule has 0 aliphatic rings. The Kier molecular flexibility index (Phi) is 4.74. The van der Waals surface area contributed by atoms with Gasteiger partial charge in [-0.05, 0) is 53.3 Å². The van der Waals surface area contributed by atoms with Crippen molar-refractivity contribution in [3.05, 3.63) is 83.1 Å². The molecule has 0 fully saturated rings. The highest BCUT2D eigenvalue weighted by Gasteiger charge is 2.12. The third kappa shape index (κ3) is 3.56. The van der Waals surface area contributed by atoms with Gasteiger partial charge < -0.3 is 9.73 Å². The Morgan fingerprint density at radius 2 is 1.90 bits per heavy atom. The second-order valence-corrected chi connectivity index (χ2v) is 7.97.